The Morgan fingerprint density at radius 2 is 1.94 bits per heavy atom. The highest BCUT2D eigenvalue weighted by molar-refractivity contribution is 7.90. The van der Waals surface area contributed by atoms with Crippen LogP contribution in [-0.2, 0) is 10.0 Å². The van der Waals surface area contributed by atoms with Crippen LogP contribution in [0.5, 0.6) is 5.75 Å². The molecule has 4 rings (SSSR count). The number of carbonyl (C=O) groups excluding carboxylic acids is 2. The fourth-order valence-electron chi connectivity index (χ4n) is 3.60. The Labute approximate surface area is 180 Å². The number of hydrogen-bond acceptors (Lipinski definition) is 6. The van der Waals surface area contributed by atoms with E-state index in [-0.39, 0.29) is 35.0 Å². The van der Waals surface area contributed by atoms with E-state index in [4.69, 9.17) is 10.00 Å². The third kappa shape index (κ3) is 3.75. The molecule has 2 aliphatic rings. The summed E-state index contributed by atoms with van der Waals surface area (Å²) in [5.41, 5.74) is 0.787. The molecule has 31 heavy (non-hydrogen) atoms. The number of hydrogen-bond donors (Lipinski definition) is 0. The normalized spacial score (nSPS) is 16.5. The van der Waals surface area contributed by atoms with Crippen LogP contribution in [0, 0.1) is 11.3 Å². The predicted octanol–water partition coefficient (Wildman–Crippen LogP) is 2.95. The lowest BCUT2D eigenvalue weighted by Gasteiger charge is -2.22. The average Bonchev–Trinajstić information content (AvgIpc) is 3.56. The molecule has 2 amide bonds. The second-order valence-electron chi connectivity index (χ2n) is 7.34. The molecule has 2 aromatic rings. The third-order valence-electron chi connectivity index (χ3n) is 5.23. The molecule has 9 heteroatoms. The van der Waals surface area contributed by atoms with Crippen LogP contribution in [0.4, 0.5) is 5.69 Å². The summed E-state index contributed by atoms with van der Waals surface area (Å²) in [7, 11) is -3.96. The van der Waals surface area contributed by atoms with Gasteiger partial charge in [0.15, 0.2) is 0 Å². The number of anilines is 1. The molecule has 0 atom stereocenters. The highest BCUT2D eigenvalue weighted by Gasteiger charge is 2.48. The topological polar surface area (TPSA) is 108 Å². The number of rotatable bonds is 7. The van der Waals surface area contributed by atoms with Gasteiger partial charge >= 0.3 is 0 Å². The quantitative estimate of drug-likeness (QED) is 0.656. The summed E-state index contributed by atoms with van der Waals surface area (Å²) in [6.07, 6.45) is 1.42. The van der Waals surface area contributed by atoms with Gasteiger partial charge in [0.2, 0.25) is 0 Å². The van der Waals surface area contributed by atoms with E-state index in [0.717, 1.165) is 4.31 Å². The number of nitrogens with zero attached hydrogens (tertiary/aromatic N) is 3. The molecule has 8 nitrogen and oxygen atoms in total. The van der Waals surface area contributed by atoms with Crippen molar-refractivity contribution in [3.63, 3.8) is 0 Å². The molecule has 0 radical (unpaired) electrons. The summed E-state index contributed by atoms with van der Waals surface area (Å²) in [6.45, 7) is 2.52. The van der Waals surface area contributed by atoms with Gasteiger partial charge in [-0.1, -0.05) is 0 Å². The number of carbonyl (C=O) groups is 2. The molecular weight excluding hydrogens is 418 g/mol. The maximum Gasteiger partial charge on any atom is 0.269 e. The van der Waals surface area contributed by atoms with Crippen molar-refractivity contribution < 1.29 is 22.7 Å². The number of benzene rings is 2. The molecule has 1 fully saturated rings. The van der Waals surface area contributed by atoms with E-state index in [0.29, 0.717) is 30.9 Å². The molecule has 0 aromatic heterocycles. The first-order chi connectivity index (χ1) is 14.9. The first-order valence-corrected chi connectivity index (χ1v) is 11.5. The molecule has 0 spiro atoms. The first kappa shape index (κ1) is 20.9. The second-order valence-corrected chi connectivity index (χ2v) is 9.12. The fourth-order valence-corrected chi connectivity index (χ4v) is 5.45. The van der Waals surface area contributed by atoms with Crippen LogP contribution < -0.4 is 9.64 Å². The second kappa shape index (κ2) is 8.04. The highest BCUT2D eigenvalue weighted by atomic mass is 32.2. The van der Waals surface area contributed by atoms with Crippen molar-refractivity contribution in [1.82, 2.24) is 4.31 Å². The monoisotopic (exact) mass is 439 g/mol. The maximum atomic E-state index is 13.3. The van der Waals surface area contributed by atoms with E-state index in [1.54, 1.807) is 24.3 Å². The van der Waals surface area contributed by atoms with Gasteiger partial charge in [0.25, 0.3) is 21.8 Å². The zero-order valence-corrected chi connectivity index (χ0v) is 17.8. The van der Waals surface area contributed by atoms with Gasteiger partial charge in [-0.05, 0) is 62.2 Å². The van der Waals surface area contributed by atoms with Gasteiger partial charge < -0.3 is 9.64 Å². The molecule has 0 N–H and O–H groups in total. The predicted molar refractivity (Wildman–Crippen MR) is 112 cm³/mol. The van der Waals surface area contributed by atoms with Gasteiger partial charge in [-0.15, -0.1) is 0 Å². The lowest BCUT2D eigenvalue weighted by Crippen LogP contribution is -2.32. The lowest BCUT2D eigenvalue weighted by molar-refractivity contribution is 0.0864. The number of nitriles is 1. The van der Waals surface area contributed by atoms with Crippen LogP contribution in [0.25, 0.3) is 0 Å². The van der Waals surface area contributed by atoms with E-state index in [1.165, 1.54) is 23.1 Å². The van der Waals surface area contributed by atoms with Gasteiger partial charge in [-0.25, -0.2) is 12.7 Å². The maximum absolute atomic E-state index is 13.3. The van der Waals surface area contributed by atoms with Gasteiger partial charge in [-0.3, -0.25) is 9.59 Å². The summed E-state index contributed by atoms with van der Waals surface area (Å²) in [6, 6.07) is 12.7. The highest BCUT2D eigenvalue weighted by Crippen LogP contribution is 2.39. The zero-order chi connectivity index (χ0) is 22.2. The van der Waals surface area contributed by atoms with Gasteiger partial charge in [0.1, 0.15) is 10.6 Å². The molecule has 1 aliphatic heterocycles. The Morgan fingerprint density at radius 1 is 1.23 bits per heavy atom. The van der Waals surface area contributed by atoms with Crippen molar-refractivity contribution in [1.29, 1.82) is 5.26 Å². The van der Waals surface area contributed by atoms with Crippen LogP contribution in [0.15, 0.2) is 47.4 Å². The molecule has 0 saturated heterocycles. The Bertz CT molecular complexity index is 1180. The van der Waals surface area contributed by atoms with Gasteiger partial charge in [0, 0.05) is 23.8 Å². The van der Waals surface area contributed by atoms with Crippen molar-refractivity contribution in [2.75, 3.05) is 18.1 Å². The number of ether oxygens (including phenoxy) is 1. The Hall–Kier alpha value is -3.38. The fraction of sp³-hybridized carbons (Fsp3) is 0.318. The van der Waals surface area contributed by atoms with E-state index in [2.05, 4.69) is 0 Å². The van der Waals surface area contributed by atoms with Crippen LogP contribution in [0.2, 0.25) is 0 Å². The Balaban J connectivity index is 1.68. The molecule has 160 valence electrons. The summed E-state index contributed by atoms with van der Waals surface area (Å²) < 4.78 is 32.1. The molecule has 1 saturated carbocycles. The van der Waals surface area contributed by atoms with Crippen LogP contribution in [0.1, 0.15) is 46.9 Å². The number of amides is 2. The van der Waals surface area contributed by atoms with Crippen molar-refractivity contribution >= 4 is 27.5 Å². The first-order valence-electron chi connectivity index (χ1n) is 10.0. The van der Waals surface area contributed by atoms with Crippen LogP contribution in [0.3, 0.4) is 0 Å². The SMILES string of the molecule is CCOc1ccc(N(CCC#N)C(=O)c2ccc3c(c2)S(=O)(=O)N(C2CC2)C3=O)cc1. The minimum atomic E-state index is -3.96. The number of fused-ring (bicyclic) bond motifs is 1. The molecule has 1 aliphatic carbocycles. The molecule has 0 bridgehead atoms. The largest absolute Gasteiger partial charge is 0.494 e. The summed E-state index contributed by atoms with van der Waals surface area (Å²) in [5.74, 6) is -0.333. The van der Waals surface area contributed by atoms with Crippen molar-refractivity contribution in [2.45, 2.75) is 37.1 Å². The van der Waals surface area contributed by atoms with Crippen LogP contribution >= 0.6 is 0 Å². The Kier molecular flexibility index (Phi) is 5.41. The molecule has 2 aromatic carbocycles. The number of sulfonamides is 1. The lowest BCUT2D eigenvalue weighted by atomic mass is 10.1. The standard InChI is InChI=1S/C22H21N3O5S/c1-2-30-18-9-7-16(8-10-18)24(13-3-12-23)21(26)15-4-11-19-20(14-15)31(28,29)25(22(19)27)17-5-6-17/h4,7-11,14,17H,2-3,5-6,13H2,1H3. The zero-order valence-electron chi connectivity index (χ0n) is 16.9. The summed E-state index contributed by atoms with van der Waals surface area (Å²) in [4.78, 5) is 27.1. The van der Waals surface area contributed by atoms with Crippen molar-refractivity contribution in [3.8, 4) is 11.8 Å². The minimum absolute atomic E-state index is 0.0908. The summed E-state index contributed by atoms with van der Waals surface area (Å²) >= 11 is 0. The van der Waals surface area contributed by atoms with E-state index in [9.17, 15) is 18.0 Å². The molecular formula is C22H21N3O5S. The van der Waals surface area contributed by atoms with Crippen molar-refractivity contribution in [2.24, 2.45) is 0 Å². The summed E-state index contributed by atoms with van der Waals surface area (Å²) in [5, 5.41) is 9.01. The smallest absolute Gasteiger partial charge is 0.269 e. The van der Waals surface area contributed by atoms with E-state index < -0.39 is 21.8 Å². The average molecular weight is 439 g/mol. The van der Waals surface area contributed by atoms with Gasteiger partial charge in [0.05, 0.1) is 24.7 Å². The molecule has 0 unspecified atom stereocenters. The van der Waals surface area contributed by atoms with Crippen LogP contribution in [-0.4, -0.2) is 43.7 Å². The minimum Gasteiger partial charge on any atom is -0.494 e. The Morgan fingerprint density at radius 3 is 2.55 bits per heavy atom. The molecule has 1 heterocycles. The van der Waals surface area contributed by atoms with E-state index in [1.807, 2.05) is 13.0 Å². The third-order valence-corrected chi connectivity index (χ3v) is 7.10. The van der Waals surface area contributed by atoms with E-state index >= 15 is 0 Å². The van der Waals surface area contributed by atoms with Crippen molar-refractivity contribution in [3.05, 3.63) is 53.6 Å². The van der Waals surface area contributed by atoms with Gasteiger partial charge in [-0.2, -0.15) is 5.26 Å².